The largest absolute Gasteiger partial charge is 0.374 e. The molecule has 2 bridgehead atoms. The third kappa shape index (κ3) is 1.88. The van der Waals surface area contributed by atoms with Crippen LogP contribution in [0.25, 0.3) is 6.08 Å². The molecular weight excluding hydrogens is 264 g/mol. The van der Waals surface area contributed by atoms with Crippen LogP contribution in [0.2, 0.25) is 0 Å². The van der Waals surface area contributed by atoms with E-state index in [0.29, 0.717) is 0 Å². The summed E-state index contributed by atoms with van der Waals surface area (Å²) < 4.78 is 1.09. The van der Waals surface area contributed by atoms with Crippen LogP contribution >= 0.6 is 15.9 Å². The molecule has 3 rings (SSSR count). The Morgan fingerprint density at radius 2 is 2.38 bits per heavy atom. The molecule has 0 aliphatic carbocycles. The molecule has 0 amide bonds. The van der Waals surface area contributed by atoms with Gasteiger partial charge in [-0.25, -0.2) is 0 Å². The topological polar surface area (TPSA) is 16.1 Å². The van der Waals surface area contributed by atoms with E-state index in [1.54, 1.807) is 0 Å². The van der Waals surface area contributed by atoms with E-state index in [4.69, 9.17) is 0 Å². The van der Waals surface area contributed by atoms with Gasteiger partial charge in [0.25, 0.3) is 0 Å². The summed E-state index contributed by atoms with van der Waals surface area (Å²) in [6.45, 7) is 2.50. The zero-order chi connectivity index (χ0) is 11.0. The molecule has 3 heterocycles. The summed E-state index contributed by atoms with van der Waals surface area (Å²) in [5.74, 6) is 0.948. The number of allylic oxidation sites excluding steroid dienone is 1. The molecule has 16 heavy (non-hydrogen) atoms. The van der Waals surface area contributed by atoms with Gasteiger partial charge >= 0.3 is 0 Å². The van der Waals surface area contributed by atoms with Gasteiger partial charge in [-0.1, -0.05) is 0 Å². The van der Waals surface area contributed by atoms with Crippen LogP contribution in [0.5, 0.6) is 0 Å². The summed E-state index contributed by atoms with van der Waals surface area (Å²) in [5.41, 5.74) is 2.52. The van der Waals surface area contributed by atoms with E-state index in [1.165, 1.54) is 38.0 Å². The number of hydrogen-bond donors (Lipinski definition) is 0. The van der Waals surface area contributed by atoms with Gasteiger partial charge in [-0.2, -0.15) is 0 Å². The number of fused-ring (bicyclic) bond motifs is 2. The number of hydrogen-bond acceptors (Lipinski definition) is 2. The molecule has 1 aromatic rings. The first-order chi connectivity index (χ1) is 7.83. The Morgan fingerprint density at radius 1 is 1.44 bits per heavy atom. The molecule has 2 saturated heterocycles. The molecule has 1 unspecified atom stereocenters. The van der Waals surface area contributed by atoms with Crippen LogP contribution in [0.3, 0.4) is 0 Å². The Hall–Kier alpha value is -0.830. The smallest absolute Gasteiger partial charge is 0.0788 e. The van der Waals surface area contributed by atoms with Crippen LogP contribution < -0.4 is 0 Å². The van der Waals surface area contributed by atoms with E-state index in [9.17, 15) is 0 Å². The molecule has 1 atom stereocenters. The predicted octanol–water partition coefficient (Wildman–Crippen LogP) is 3.30. The highest BCUT2D eigenvalue weighted by Gasteiger charge is 2.28. The molecule has 3 heteroatoms. The molecule has 2 aliphatic rings. The summed E-state index contributed by atoms with van der Waals surface area (Å²) >= 11 is 3.55. The lowest BCUT2D eigenvalue weighted by Gasteiger charge is -2.27. The predicted molar refractivity (Wildman–Crippen MR) is 68.8 cm³/mol. The maximum Gasteiger partial charge on any atom is 0.0788 e. The Kier molecular flexibility index (Phi) is 2.72. The van der Waals surface area contributed by atoms with Crippen molar-refractivity contribution in [2.75, 3.05) is 13.1 Å². The zero-order valence-corrected chi connectivity index (χ0v) is 10.8. The molecule has 2 nitrogen and oxygen atoms in total. The van der Waals surface area contributed by atoms with Crippen LogP contribution in [0, 0.1) is 5.92 Å². The molecule has 0 spiro atoms. The van der Waals surface area contributed by atoms with Crippen molar-refractivity contribution in [2.24, 2.45) is 5.92 Å². The van der Waals surface area contributed by atoms with Crippen molar-refractivity contribution < 1.29 is 0 Å². The molecule has 84 valence electrons. The lowest BCUT2D eigenvalue weighted by Crippen LogP contribution is -2.24. The summed E-state index contributed by atoms with van der Waals surface area (Å²) in [6, 6.07) is 4.01. The average Bonchev–Trinajstić information content (AvgIpc) is 2.68. The number of pyridine rings is 1. The summed E-state index contributed by atoms with van der Waals surface area (Å²) in [6.07, 6.45) is 8.04. The minimum absolute atomic E-state index is 0.948. The molecule has 0 saturated carbocycles. The second-order valence-electron chi connectivity index (χ2n) is 4.65. The summed E-state index contributed by atoms with van der Waals surface area (Å²) in [7, 11) is 0. The fraction of sp³-hybridized carbons (Fsp3) is 0.462. The minimum Gasteiger partial charge on any atom is -0.374 e. The van der Waals surface area contributed by atoms with Crippen molar-refractivity contribution in [1.82, 2.24) is 9.88 Å². The van der Waals surface area contributed by atoms with Gasteiger partial charge in [0.15, 0.2) is 0 Å². The van der Waals surface area contributed by atoms with Gasteiger partial charge in [0.1, 0.15) is 0 Å². The molecule has 2 aliphatic heterocycles. The maximum atomic E-state index is 4.40. The van der Waals surface area contributed by atoms with E-state index in [2.05, 4.69) is 38.0 Å². The number of aromatic nitrogens is 1. The van der Waals surface area contributed by atoms with Gasteiger partial charge in [-0.05, 0) is 59.3 Å². The summed E-state index contributed by atoms with van der Waals surface area (Å²) in [5, 5.41) is 0. The highest BCUT2D eigenvalue weighted by atomic mass is 79.9. The second kappa shape index (κ2) is 4.21. The first-order valence-corrected chi connectivity index (χ1v) is 6.68. The Balaban J connectivity index is 1.89. The monoisotopic (exact) mass is 278 g/mol. The summed E-state index contributed by atoms with van der Waals surface area (Å²) in [4.78, 5) is 6.93. The van der Waals surface area contributed by atoms with Gasteiger partial charge in [-0.3, -0.25) is 4.98 Å². The van der Waals surface area contributed by atoms with Gasteiger partial charge in [0.2, 0.25) is 0 Å². The highest BCUT2D eigenvalue weighted by Crippen LogP contribution is 2.34. The van der Waals surface area contributed by atoms with Crippen LogP contribution in [-0.2, 0) is 0 Å². The maximum absolute atomic E-state index is 4.40. The molecule has 0 N–H and O–H groups in total. The van der Waals surface area contributed by atoms with E-state index in [1.807, 2.05) is 12.3 Å². The van der Waals surface area contributed by atoms with E-state index in [0.717, 1.165) is 16.1 Å². The lowest BCUT2D eigenvalue weighted by molar-refractivity contribution is 0.338. The van der Waals surface area contributed by atoms with E-state index in [-0.39, 0.29) is 0 Å². The molecule has 1 aromatic heterocycles. The normalized spacial score (nSPS) is 26.4. The van der Waals surface area contributed by atoms with Gasteiger partial charge in [0, 0.05) is 29.5 Å². The highest BCUT2D eigenvalue weighted by molar-refractivity contribution is 9.10. The molecule has 0 aromatic carbocycles. The Bertz CT molecular complexity index is 428. The van der Waals surface area contributed by atoms with Crippen molar-refractivity contribution in [1.29, 1.82) is 0 Å². The van der Waals surface area contributed by atoms with Crippen molar-refractivity contribution in [2.45, 2.75) is 19.3 Å². The van der Waals surface area contributed by atoms with Crippen molar-refractivity contribution in [3.63, 3.8) is 0 Å². The minimum atomic E-state index is 0.948. The van der Waals surface area contributed by atoms with Crippen LogP contribution in [-0.4, -0.2) is 23.0 Å². The van der Waals surface area contributed by atoms with Gasteiger partial charge < -0.3 is 4.90 Å². The molecule has 2 fully saturated rings. The number of halogens is 1. The van der Waals surface area contributed by atoms with Crippen molar-refractivity contribution in [3.05, 3.63) is 34.2 Å². The first-order valence-electron chi connectivity index (χ1n) is 5.89. The number of rotatable bonds is 1. The van der Waals surface area contributed by atoms with Crippen molar-refractivity contribution in [3.8, 4) is 0 Å². The van der Waals surface area contributed by atoms with Crippen LogP contribution in [0.15, 0.2) is 28.5 Å². The zero-order valence-electron chi connectivity index (χ0n) is 9.19. The SMILES string of the molecule is Brc1cccnc1C=C1CCC2CCN1C2. The third-order valence-electron chi connectivity index (χ3n) is 3.59. The average molecular weight is 279 g/mol. The molecule has 0 radical (unpaired) electrons. The fourth-order valence-corrected chi connectivity index (χ4v) is 3.03. The van der Waals surface area contributed by atoms with Crippen LogP contribution in [0.1, 0.15) is 25.0 Å². The standard InChI is InChI=1S/C13H15BrN2/c14-12-2-1-6-15-13(12)8-11-4-3-10-5-7-16(11)9-10/h1-2,6,8,10H,3-5,7,9H2. The third-order valence-corrected chi connectivity index (χ3v) is 4.26. The lowest BCUT2D eigenvalue weighted by atomic mass is 9.98. The Labute approximate surface area is 104 Å². The first kappa shape index (κ1) is 10.3. The fourth-order valence-electron chi connectivity index (χ4n) is 2.66. The van der Waals surface area contributed by atoms with Gasteiger partial charge in [0.05, 0.1) is 5.69 Å². The Morgan fingerprint density at radius 3 is 3.25 bits per heavy atom. The number of nitrogens with zero attached hydrogens (tertiary/aromatic N) is 2. The van der Waals surface area contributed by atoms with Crippen LogP contribution in [0.4, 0.5) is 0 Å². The quantitative estimate of drug-likeness (QED) is 0.784. The number of piperidine rings is 1. The van der Waals surface area contributed by atoms with E-state index < -0.39 is 0 Å². The van der Waals surface area contributed by atoms with E-state index >= 15 is 0 Å². The van der Waals surface area contributed by atoms with Gasteiger partial charge in [-0.15, -0.1) is 0 Å². The second-order valence-corrected chi connectivity index (χ2v) is 5.50. The van der Waals surface area contributed by atoms with Crippen molar-refractivity contribution >= 4 is 22.0 Å². The molecular formula is C13H15BrN2.